The smallest absolute Gasteiger partial charge is 0.310 e. The number of carbonyl (C=O) groups is 2. The third-order valence-corrected chi connectivity index (χ3v) is 3.41. The lowest BCUT2D eigenvalue weighted by Crippen LogP contribution is -2.43. The highest BCUT2D eigenvalue weighted by Gasteiger charge is 2.31. The molecule has 1 saturated heterocycles. The van der Waals surface area contributed by atoms with Gasteiger partial charge in [0.2, 0.25) is 0 Å². The van der Waals surface area contributed by atoms with Crippen LogP contribution in [0.2, 0.25) is 0 Å². The lowest BCUT2D eigenvalue weighted by molar-refractivity contribution is -0.146. The molecular weight excluding hydrogens is 248 g/mol. The van der Waals surface area contributed by atoms with Crippen molar-refractivity contribution in [3.05, 3.63) is 11.9 Å². The monoisotopic (exact) mass is 266 g/mol. The lowest BCUT2D eigenvalue weighted by atomic mass is 9.98. The van der Waals surface area contributed by atoms with Crippen LogP contribution in [0.3, 0.4) is 0 Å². The molecule has 1 aliphatic heterocycles. The number of nitrogens with zero attached hydrogens (tertiary/aromatic N) is 3. The summed E-state index contributed by atoms with van der Waals surface area (Å²) >= 11 is 0. The van der Waals surface area contributed by atoms with Crippen LogP contribution < -0.4 is 5.73 Å². The Hall–Kier alpha value is -2.05. The van der Waals surface area contributed by atoms with E-state index < -0.39 is 0 Å². The predicted molar refractivity (Wildman–Crippen MR) is 68.3 cm³/mol. The lowest BCUT2D eigenvalue weighted by Gasteiger charge is -2.31. The van der Waals surface area contributed by atoms with Crippen LogP contribution in [0.5, 0.6) is 0 Å². The van der Waals surface area contributed by atoms with Gasteiger partial charge in [-0.2, -0.15) is 5.10 Å². The Morgan fingerprint density at radius 1 is 1.53 bits per heavy atom. The minimum absolute atomic E-state index is 0.189. The van der Waals surface area contributed by atoms with Gasteiger partial charge in [-0.25, -0.2) is 0 Å². The van der Waals surface area contributed by atoms with Gasteiger partial charge in [0.25, 0.3) is 5.91 Å². The number of piperidine rings is 1. The zero-order chi connectivity index (χ0) is 14.0. The first-order valence-corrected chi connectivity index (χ1v) is 6.19. The number of aromatic nitrogens is 2. The maximum Gasteiger partial charge on any atom is 0.310 e. The van der Waals surface area contributed by atoms with Crippen molar-refractivity contribution in [2.24, 2.45) is 13.0 Å². The maximum absolute atomic E-state index is 12.4. The van der Waals surface area contributed by atoms with Crippen molar-refractivity contribution in [2.45, 2.75) is 12.8 Å². The van der Waals surface area contributed by atoms with Crippen molar-refractivity contribution in [3.8, 4) is 0 Å². The number of nitrogen functional groups attached to an aromatic ring is 1. The Morgan fingerprint density at radius 3 is 2.84 bits per heavy atom. The van der Waals surface area contributed by atoms with Gasteiger partial charge in [0.15, 0.2) is 0 Å². The van der Waals surface area contributed by atoms with Crippen LogP contribution >= 0.6 is 0 Å². The molecule has 1 aliphatic rings. The summed E-state index contributed by atoms with van der Waals surface area (Å²) in [7, 11) is 3.04. The summed E-state index contributed by atoms with van der Waals surface area (Å²) in [5.41, 5.74) is 6.47. The Labute approximate surface area is 111 Å². The quantitative estimate of drug-likeness (QED) is 0.762. The number of hydrogen-bond donors (Lipinski definition) is 1. The number of hydrogen-bond acceptors (Lipinski definition) is 5. The van der Waals surface area contributed by atoms with Crippen molar-refractivity contribution in [1.82, 2.24) is 14.7 Å². The Balaban J connectivity index is 2.14. The van der Waals surface area contributed by atoms with Crippen LogP contribution in [0.1, 0.15) is 23.3 Å². The summed E-state index contributed by atoms with van der Waals surface area (Å²) in [4.78, 5) is 25.6. The molecule has 104 valence electrons. The van der Waals surface area contributed by atoms with Gasteiger partial charge in [-0.05, 0) is 12.8 Å². The fourth-order valence-corrected chi connectivity index (χ4v) is 2.39. The molecule has 1 amide bonds. The molecule has 1 atom stereocenters. The number of esters is 1. The van der Waals surface area contributed by atoms with Crippen molar-refractivity contribution >= 4 is 17.6 Å². The standard InChI is InChI=1S/C12H18N4O3/c1-15-10(9(13)6-14-15)11(17)16-5-3-4-8(7-16)12(18)19-2/h6,8H,3-5,7,13H2,1-2H3. The molecule has 1 aromatic heterocycles. The number of amides is 1. The largest absolute Gasteiger partial charge is 0.469 e. The Kier molecular flexibility index (Phi) is 3.73. The number of carbonyl (C=O) groups excluding carboxylic acids is 2. The summed E-state index contributed by atoms with van der Waals surface area (Å²) in [5.74, 6) is -0.710. The van der Waals surface area contributed by atoms with E-state index in [9.17, 15) is 9.59 Å². The Bertz CT molecular complexity index is 478. The number of anilines is 1. The van der Waals surface area contributed by atoms with E-state index in [2.05, 4.69) is 5.10 Å². The predicted octanol–water partition coefficient (Wildman–Crippen LogP) is 0.0275. The molecule has 0 saturated carbocycles. The third kappa shape index (κ3) is 2.54. The molecular formula is C12H18N4O3. The summed E-state index contributed by atoms with van der Waals surface area (Å²) in [6.07, 6.45) is 2.98. The van der Waals surface area contributed by atoms with E-state index in [4.69, 9.17) is 10.5 Å². The highest BCUT2D eigenvalue weighted by molar-refractivity contribution is 5.97. The van der Waals surface area contributed by atoms with Gasteiger partial charge in [0.05, 0.1) is 24.9 Å². The average molecular weight is 266 g/mol. The second kappa shape index (κ2) is 5.29. The van der Waals surface area contributed by atoms with Crippen molar-refractivity contribution in [2.75, 3.05) is 25.9 Å². The number of ether oxygens (including phenoxy) is 1. The molecule has 7 nitrogen and oxygen atoms in total. The first kappa shape index (κ1) is 13.4. The van der Waals surface area contributed by atoms with E-state index >= 15 is 0 Å². The second-order valence-corrected chi connectivity index (χ2v) is 4.69. The second-order valence-electron chi connectivity index (χ2n) is 4.69. The third-order valence-electron chi connectivity index (χ3n) is 3.41. The SMILES string of the molecule is COC(=O)C1CCCN(C(=O)c2c(N)cnn2C)C1. The fraction of sp³-hybridized carbons (Fsp3) is 0.583. The van der Waals surface area contributed by atoms with Crippen molar-refractivity contribution < 1.29 is 14.3 Å². The average Bonchev–Trinajstić information content (AvgIpc) is 2.76. The van der Waals surface area contributed by atoms with Crippen LogP contribution in [0.25, 0.3) is 0 Å². The zero-order valence-corrected chi connectivity index (χ0v) is 11.1. The highest BCUT2D eigenvalue weighted by Crippen LogP contribution is 2.21. The topological polar surface area (TPSA) is 90.4 Å². The summed E-state index contributed by atoms with van der Waals surface area (Å²) in [6.45, 7) is 0.993. The molecule has 7 heteroatoms. The Morgan fingerprint density at radius 2 is 2.26 bits per heavy atom. The van der Waals surface area contributed by atoms with E-state index in [1.54, 1.807) is 11.9 Å². The molecule has 2 rings (SSSR count). The minimum atomic E-state index is -0.268. The number of rotatable bonds is 2. The maximum atomic E-state index is 12.4. The van der Waals surface area contributed by atoms with Gasteiger partial charge in [0, 0.05) is 20.1 Å². The van der Waals surface area contributed by atoms with Crippen LogP contribution in [0.4, 0.5) is 5.69 Å². The molecule has 2 heterocycles. The first-order valence-electron chi connectivity index (χ1n) is 6.19. The van der Waals surface area contributed by atoms with Crippen molar-refractivity contribution in [1.29, 1.82) is 0 Å². The molecule has 0 aromatic carbocycles. The molecule has 1 aromatic rings. The van der Waals surface area contributed by atoms with E-state index in [-0.39, 0.29) is 17.8 Å². The van der Waals surface area contributed by atoms with Crippen LogP contribution in [-0.4, -0.2) is 46.8 Å². The molecule has 2 N–H and O–H groups in total. The van der Waals surface area contributed by atoms with Gasteiger partial charge in [-0.3, -0.25) is 14.3 Å². The summed E-state index contributed by atoms with van der Waals surface area (Å²) in [6, 6.07) is 0. The molecule has 0 bridgehead atoms. The number of aryl methyl sites for hydroxylation is 1. The highest BCUT2D eigenvalue weighted by atomic mass is 16.5. The van der Waals surface area contributed by atoms with E-state index in [1.165, 1.54) is 18.0 Å². The molecule has 0 aliphatic carbocycles. The molecule has 1 fully saturated rings. The molecule has 0 radical (unpaired) electrons. The number of nitrogens with two attached hydrogens (primary N) is 1. The molecule has 19 heavy (non-hydrogen) atoms. The fourth-order valence-electron chi connectivity index (χ4n) is 2.39. The molecule has 0 spiro atoms. The van der Waals surface area contributed by atoms with Crippen molar-refractivity contribution in [3.63, 3.8) is 0 Å². The molecule has 1 unspecified atom stereocenters. The van der Waals surface area contributed by atoms with Gasteiger partial charge >= 0.3 is 5.97 Å². The summed E-state index contributed by atoms with van der Waals surface area (Å²) < 4.78 is 6.19. The van der Waals surface area contributed by atoms with Crippen LogP contribution in [0.15, 0.2) is 6.20 Å². The van der Waals surface area contributed by atoms with Crippen LogP contribution in [-0.2, 0) is 16.6 Å². The minimum Gasteiger partial charge on any atom is -0.469 e. The van der Waals surface area contributed by atoms with E-state index in [0.717, 1.165) is 12.8 Å². The van der Waals surface area contributed by atoms with Crippen LogP contribution in [0, 0.1) is 5.92 Å². The number of methoxy groups -OCH3 is 1. The number of likely N-dealkylation sites (tertiary alicyclic amines) is 1. The van der Waals surface area contributed by atoms with E-state index in [1.807, 2.05) is 0 Å². The first-order chi connectivity index (χ1) is 9.04. The van der Waals surface area contributed by atoms with E-state index in [0.29, 0.717) is 24.5 Å². The van der Waals surface area contributed by atoms with Gasteiger partial charge in [-0.15, -0.1) is 0 Å². The van der Waals surface area contributed by atoms with Gasteiger partial charge < -0.3 is 15.4 Å². The van der Waals surface area contributed by atoms with Gasteiger partial charge in [0.1, 0.15) is 5.69 Å². The van der Waals surface area contributed by atoms with Gasteiger partial charge in [-0.1, -0.05) is 0 Å². The zero-order valence-electron chi connectivity index (χ0n) is 11.1. The summed E-state index contributed by atoms with van der Waals surface area (Å²) in [5, 5.41) is 3.95. The normalized spacial score (nSPS) is 19.3.